The van der Waals surface area contributed by atoms with Gasteiger partial charge in [-0.2, -0.15) is 0 Å². The zero-order valence-corrected chi connectivity index (χ0v) is 14.9. The van der Waals surface area contributed by atoms with Crippen LogP contribution in [0.25, 0.3) is 0 Å². The molecule has 1 saturated heterocycles. The molecule has 0 radical (unpaired) electrons. The Morgan fingerprint density at radius 1 is 1.33 bits per heavy atom. The monoisotopic (exact) mass is 336 g/mol. The Morgan fingerprint density at radius 2 is 2.08 bits per heavy atom. The number of hydrogen-bond donors (Lipinski definition) is 2. The predicted octanol–water partition coefficient (Wildman–Crippen LogP) is 2.88. The zero-order chi connectivity index (χ0) is 17.5. The minimum Gasteiger partial charge on any atom is -0.493 e. The number of rotatable bonds is 6. The standard InChI is InChI=1S/C18H28N2O4/c1-12-9-14(7-8-24-12)11-19-18(21)20-13(2)15-5-6-16(22-3)17(10-15)23-4/h5-6,10,12-14H,7-9,11H2,1-4H3,(H2,19,20,21)/t12-,13-,14-/m0/s1. The number of carbonyl (C=O) groups is 1. The quantitative estimate of drug-likeness (QED) is 0.838. The Balaban J connectivity index is 1.84. The van der Waals surface area contributed by atoms with Gasteiger partial charge in [-0.05, 0) is 50.3 Å². The van der Waals surface area contributed by atoms with Crippen molar-refractivity contribution in [2.75, 3.05) is 27.4 Å². The molecule has 6 nitrogen and oxygen atoms in total. The molecule has 1 heterocycles. The number of methoxy groups -OCH3 is 2. The number of nitrogens with one attached hydrogen (secondary N) is 2. The lowest BCUT2D eigenvalue weighted by atomic mass is 9.96. The van der Waals surface area contributed by atoms with Gasteiger partial charge in [-0.15, -0.1) is 0 Å². The smallest absolute Gasteiger partial charge is 0.315 e. The molecular formula is C18H28N2O4. The molecule has 0 spiro atoms. The Labute approximate surface area is 143 Å². The Bertz CT molecular complexity index is 550. The highest BCUT2D eigenvalue weighted by Gasteiger charge is 2.20. The molecule has 0 saturated carbocycles. The highest BCUT2D eigenvalue weighted by Crippen LogP contribution is 2.29. The maximum absolute atomic E-state index is 12.1. The van der Waals surface area contributed by atoms with E-state index in [1.54, 1.807) is 14.2 Å². The summed E-state index contributed by atoms with van der Waals surface area (Å²) < 4.78 is 16.1. The summed E-state index contributed by atoms with van der Waals surface area (Å²) in [4.78, 5) is 12.1. The van der Waals surface area contributed by atoms with Gasteiger partial charge in [0.15, 0.2) is 11.5 Å². The van der Waals surface area contributed by atoms with Gasteiger partial charge in [0.2, 0.25) is 0 Å². The van der Waals surface area contributed by atoms with Crippen molar-refractivity contribution in [3.8, 4) is 11.5 Å². The summed E-state index contributed by atoms with van der Waals surface area (Å²) >= 11 is 0. The van der Waals surface area contributed by atoms with Crippen LogP contribution in [0.4, 0.5) is 4.79 Å². The second-order valence-electron chi connectivity index (χ2n) is 6.26. The zero-order valence-electron chi connectivity index (χ0n) is 14.9. The minimum absolute atomic E-state index is 0.126. The molecule has 0 bridgehead atoms. The number of urea groups is 1. The van der Waals surface area contributed by atoms with Crippen molar-refractivity contribution >= 4 is 6.03 Å². The fourth-order valence-electron chi connectivity index (χ4n) is 2.97. The van der Waals surface area contributed by atoms with Gasteiger partial charge < -0.3 is 24.8 Å². The summed E-state index contributed by atoms with van der Waals surface area (Å²) in [5.74, 6) is 1.81. The maximum Gasteiger partial charge on any atom is 0.315 e. The van der Waals surface area contributed by atoms with Gasteiger partial charge in [-0.3, -0.25) is 0 Å². The van der Waals surface area contributed by atoms with Crippen LogP contribution >= 0.6 is 0 Å². The van der Waals surface area contributed by atoms with Crippen LogP contribution in [0, 0.1) is 5.92 Å². The lowest BCUT2D eigenvalue weighted by molar-refractivity contribution is 0.00345. The number of carbonyl (C=O) groups excluding carboxylic acids is 1. The molecular weight excluding hydrogens is 308 g/mol. The summed E-state index contributed by atoms with van der Waals surface area (Å²) in [5.41, 5.74) is 0.961. The third-order valence-electron chi connectivity index (χ3n) is 4.40. The molecule has 2 N–H and O–H groups in total. The van der Waals surface area contributed by atoms with E-state index in [-0.39, 0.29) is 18.2 Å². The average molecular weight is 336 g/mol. The first-order valence-electron chi connectivity index (χ1n) is 8.41. The molecule has 134 valence electrons. The molecule has 24 heavy (non-hydrogen) atoms. The van der Waals surface area contributed by atoms with Crippen LogP contribution in [0.5, 0.6) is 11.5 Å². The summed E-state index contributed by atoms with van der Waals surface area (Å²) in [5, 5.41) is 5.92. The summed E-state index contributed by atoms with van der Waals surface area (Å²) in [7, 11) is 3.20. The topological polar surface area (TPSA) is 68.8 Å². The molecule has 1 fully saturated rings. The Kier molecular flexibility index (Phi) is 6.73. The summed E-state index contributed by atoms with van der Waals surface area (Å²) in [6.45, 7) is 5.47. The first kappa shape index (κ1) is 18.4. The van der Waals surface area contributed by atoms with E-state index in [1.165, 1.54) is 0 Å². The normalized spacial score (nSPS) is 21.7. The van der Waals surface area contributed by atoms with Gasteiger partial charge in [0.25, 0.3) is 0 Å². The first-order valence-corrected chi connectivity index (χ1v) is 8.41. The second-order valence-corrected chi connectivity index (χ2v) is 6.26. The van der Waals surface area contributed by atoms with Gasteiger partial charge in [0.1, 0.15) is 0 Å². The molecule has 0 unspecified atom stereocenters. The van der Waals surface area contributed by atoms with Crippen LogP contribution in [0.3, 0.4) is 0 Å². The van der Waals surface area contributed by atoms with E-state index in [9.17, 15) is 4.79 Å². The van der Waals surface area contributed by atoms with Crippen LogP contribution in [0.1, 0.15) is 38.3 Å². The molecule has 0 aliphatic carbocycles. The fraction of sp³-hybridized carbons (Fsp3) is 0.611. The number of amides is 2. The van der Waals surface area contributed by atoms with Crippen molar-refractivity contribution in [3.63, 3.8) is 0 Å². The molecule has 1 aliphatic heterocycles. The first-order chi connectivity index (χ1) is 11.5. The van der Waals surface area contributed by atoms with E-state index in [2.05, 4.69) is 17.6 Å². The summed E-state index contributed by atoms with van der Waals surface area (Å²) in [6, 6.07) is 5.36. The maximum atomic E-state index is 12.1. The number of hydrogen-bond acceptors (Lipinski definition) is 4. The largest absolute Gasteiger partial charge is 0.493 e. The van der Waals surface area contributed by atoms with Crippen molar-refractivity contribution in [3.05, 3.63) is 23.8 Å². The minimum atomic E-state index is -0.156. The predicted molar refractivity (Wildman–Crippen MR) is 92.6 cm³/mol. The highest BCUT2D eigenvalue weighted by atomic mass is 16.5. The van der Waals surface area contributed by atoms with E-state index in [0.29, 0.717) is 24.0 Å². The number of benzene rings is 1. The van der Waals surface area contributed by atoms with Crippen LogP contribution < -0.4 is 20.1 Å². The van der Waals surface area contributed by atoms with Crippen molar-refractivity contribution < 1.29 is 19.0 Å². The molecule has 1 aromatic rings. The van der Waals surface area contributed by atoms with Gasteiger partial charge in [-0.25, -0.2) is 4.79 Å². The Hall–Kier alpha value is -1.95. The van der Waals surface area contributed by atoms with Crippen molar-refractivity contribution in [1.82, 2.24) is 10.6 Å². The van der Waals surface area contributed by atoms with Crippen LogP contribution in [0.2, 0.25) is 0 Å². The molecule has 1 aromatic carbocycles. The van der Waals surface area contributed by atoms with E-state index in [1.807, 2.05) is 25.1 Å². The molecule has 2 rings (SSSR count). The van der Waals surface area contributed by atoms with Gasteiger partial charge in [0.05, 0.1) is 26.4 Å². The number of ether oxygens (including phenoxy) is 3. The lowest BCUT2D eigenvalue weighted by Gasteiger charge is -2.27. The highest BCUT2D eigenvalue weighted by molar-refractivity contribution is 5.74. The van der Waals surface area contributed by atoms with Crippen molar-refractivity contribution in [2.45, 2.75) is 38.8 Å². The van der Waals surface area contributed by atoms with Gasteiger partial charge in [-0.1, -0.05) is 6.07 Å². The van der Waals surface area contributed by atoms with Crippen LogP contribution in [-0.4, -0.2) is 39.5 Å². The summed E-state index contributed by atoms with van der Waals surface area (Å²) in [6.07, 6.45) is 2.26. The molecule has 2 amide bonds. The Morgan fingerprint density at radius 3 is 2.75 bits per heavy atom. The van der Waals surface area contributed by atoms with Gasteiger partial charge >= 0.3 is 6.03 Å². The molecule has 3 atom stereocenters. The molecule has 6 heteroatoms. The average Bonchev–Trinajstić information content (AvgIpc) is 2.59. The SMILES string of the molecule is COc1ccc([C@H](C)NC(=O)NC[C@H]2CCO[C@@H](C)C2)cc1OC. The van der Waals surface area contributed by atoms with Crippen molar-refractivity contribution in [1.29, 1.82) is 0 Å². The van der Waals surface area contributed by atoms with Crippen LogP contribution in [0.15, 0.2) is 18.2 Å². The molecule has 0 aromatic heterocycles. The van der Waals surface area contributed by atoms with Gasteiger partial charge in [0, 0.05) is 13.2 Å². The molecule has 1 aliphatic rings. The van der Waals surface area contributed by atoms with E-state index in [0.717, 1.165) is 25.0 Å². The van der Waals surface area contributed by atoms with E-state index < -0.39 is 0 Å². The third-order valence-corrected chi connectivity index (χ3v) is 4.40. The van der Waals surface area contributed by atoms with Crippen molar-refractivity contribution in [2.24, 2.45) is 5.92 Å². The fourth-order valence-corrected chi connectivity index (χ4v) is 2.97. The lowest BCUT2D eigenvalue weighted by Crippen LogP contribution is -2.41. The van der Waals surface area contributed by atoms with Crippen LogP contribution in [-0.2, 0) is 4.74 Å². The van der Waals surface area contributed by atoms with E-state index >= 15 is 0 Å². The second kappa shape index (κ2) is 8.78. The third kappa shape index (κ3) is 5.03. The van der Waals surface area contributed by atoms with E-state index in [4.69, 9.17) is 14.2 Å².